The van der Waals surface area contributed by atoms with Crippen LogP contribution in [0.1, 0.15) is 36.7 Å². The highest BCUT2D eigenvalue weighted by molar-refractivity contribution is 6.02. The maximum absolute atomic E-state index is 11.5. The smallest absolute Gasteiger partial charge is 0.338 e. The average molecular weight is 318 g/mol. The molecule has 1 aliphatic rings. The van der Waals surface area contributed by atoms with Crippen LogP contribution in [0.4, 0.5) is 6.01 Å². The van der Waals surface area contributed by atoms with E-state index in [0.29, 0.717) is 42.4 Å². The normalized spacial score (nSPS) is 19.3. The van der Waals surface area contributed by atoms with Crippen molar-refractivity contribution in [1.29, 1.82) is 0 Å². The van der Waals surface area contributed by atoms with E-state index in [1.54, 1.807) is 19.1 Å². The number of rotatable bonds is 2. The summed E-state index contributed by atoms with van der Waals surface area (Å²) in [5, 5.41) is 9.45. The molecule has 1 unspecified atom stereocenters. The highest BCUT2D eigenvalue weighted by Gasteiger charge is 2.36. The van der Waals surface area contributed by atoms with Gasteiger partial charge in [-0.05, 0) is 24.0 Å². The summed E-state index contributed by atoms with van der Waals surface area (Å²) in [5.74, 6) is -0.984. The van der Waals surface area contributed by atoms with Crippen LogP contribution >= 0.6 is 0 Å². The van der Waals surface area contributed by atoms with E-state index < -0.39 is 5.97 Å². The number of carboxylic acids is 1. The molecule has 1 N–H and O–H groups in total. The van der Waals surface area contributed by atoms with E-state index >= 15 is 0 Å². The summed E-state index contributed by atoms with van der Waals surface area (Å²) >= 11 is 0. The third-order valence-electron chi connectivity index (χ3n) is 4.35. The molecule has 1 fully saturated rings. The molecule has 0 aliphatic carbocycles. The lowest BCUT2D eigenvalue weighted by molar-refractivity contribution is 0.0560. The van der Waals surface area contributed by atoms with E-state index in [2.05, 4.69) is 30.7 Å². The fourth-order valence-electron chi connectivity index (χ4n) is 3.03. The molecule has 1 aromatic carbocycles. The molecule has 3 rings (SSSR count). The van der Waals surface area contributed by atoms with Gasteiger partial charge in [0.05, 0.1) is 24.8 Å². The number of benzene rings is 1. The first-order valence-electron chi connectivity index (χ1n) is 7.77. The summed E-state index contributed by atoms with van der Waals surface area (Å²) in [6.07, 6.45) is 0. The van der Waals surface area contributed by atoms with Gasteiger partial charge in [0.1, 0.15) is 5.52 Å². The second-order valence-electron chi connectivity index (χ2n) is 7.06. The van der Waals surface area contributed by atoms with Crippen LogP contribution in [0.15, 0.2) is 16.5 Å². The second kappa shape index (κ2) is 5.53. The summed E-state index contributed by atoms with van der Waals surface area (Å²) in [4.78, 5) is 18.1. The molecule has 0 saturated carbocycles. The molecule has 6 heteroatoms. The Morgan fingerprint density at radius 1 is 1.39 bits per heavy atom. The summed E-state index contributed by atoms with van der Waals surface area (Å²) in [6.45, 7) is 10.1. The van der Waals surface area contributed by atoms with Crippen molar-refractivity contribution in [1.82, 2.24) is 4.98 Å². The zero-order chi connectivity index (χ0) is 16.8. The van der Waals surface area contributed by atoms with Crippen LogP contribution in [0.25, 0.3) is 11.1 Å². The predicted octanol–water partition coefficient (Wildman–Crippen LogP) is 3.09. The Hall–Kier alpha value is -2.08. The number of ether oxygens (including phenoxy) is 1. The largest absolute Gasteiger partial charge is 0.478 e. The molecule has 0 radical (unpaired) electrons. The summed E-state index contributed by atoms with van der Waals surface area (Å²) in [7, 11) is 0. The van der Waals surface area contributed by atoms with Crippen LogP contribution in [0, 0.1) is 12.3 Å². The van der Waals surface area contributed by atoms with Crippen molar-refractivity contribution in [3.05, 3.63) is 23.3 Å². The topological polar surface area (TPSA) is 75.8 Å². The van der Waals surface area contributed by atoms with Crippen LogP contribution in [0.2, 0.25) is 0 Å². The molecule has 23 heavy (non-hydrogen) atoms. The summed E-state index contributed by atoms with van der Waals surface area (Å²) < 4.78 is 11.5. The standard InChI is InChI=1S/C17H22N2O4/c1-10-5-6-11-14(13(10)15(20)21)18-16(23-11)19-7-8-22-9-12(19)17(2,3)4/h5-6,12H,7-9H2,1-4H3,(H,20,21). The fraction of sp³-hybridized carbons (Fsp3) is 0.529. The van der Waals surface area contributed by atoms with E-state index in [9.17, 15) is 9.90 Å². The molecule has 6 nitrogen and oxygen atoms in total. The quantitative estimate of drug-likeness (QED) is 0.917. The first kappa shape index (κ1) is 15.8. The number of aromatic carboxylic acids is 1. The Morgan fingerprint density at radius 2 is 2.13 bits per heavy atom. The van der Waals surface area contributed by atoms with Gasteiger partial charge in [-0.1, -0.05) is 26.8 Å². The van der Waals surface area contributed by atoms with Gasteiger partial charge < -0.3 is 19.2 Å². The van der Waals surface area contributed by atoms with Gasteiger partial charge in [0.25, 0.3) is 6.01 Å². The lowest BCUT2D eigenvalue weighted by Crippen LogP contribution is -2.52. The van der Waals surface area contributed by atoms with Crippen LogP contribution in [-0.2, 0) is 4.74 Å². The minimum Gasteiger partial charge on any atom is -0.478 e. The van der Waals surface area contributed by atoms with Crippen LogP contribution in [-0.4, -0.2) is 41.9 Å². The minimum atomic E-state index is -0.984. The summed E-state index contributed by atoms with van der Waals surface area (Å²) in [6, 6.07) is 4.12. The van der Waals surface area contributed by atoms with Crippen molar-refractivity contribution < 1.29 is 19.1 Å². The van der Waals surface area contributed by atoms with Crippen molar-refractivity contribution in [3.8, 4) is 0 Å². The van der Waals surface area contributed by atoms with Crippen molar-refractivity contribution in [2.45, 2.75) is 33.7 Å². The molecule has 0 bridgehead atoms. The lowest BCUT2D eigenvalue weighted by Gasteiger charge is -2.42. The van der Waals surface area contributed by atoms with Crippen molar-refractivity contribution in [2.24, 2.45) is 5.41 Å². The number of morpholine rings is 1. The number of fused-ring (bicyclic) bond motifs is 1. The van der Waals surface area contributed by atoms with Gasteiger partial charge in [-0.15, -0.1) is 0 Å². The van der Waals surface area contributed by atoms with Crippen LogP contribution < -0.4 is 4.90 Å². The van der Waals surface area contributed by atoms with E-state index in [1.807, 2.05) is 0 Å². The summed E-state index contributed by atoms with van der Waals surface area (Å²) in [5.41, 5.74) is 1.79. The Kier molecular flexibility index (Phi) is 3.80. The molecule has 0 amide bonds. The number of hydrogen-bond donors (Lipinski definition) is 1. The molecule has 1 aliphatic heterocycles. The fourth-order valence-corrected chi connectivity index (χ4v) is 3.03. The van der Waals surface area contributed by atoms with Crippen molar-refractivity contribution in [2.75, 3.05) is 24.7 Å². The van der Waals surface area contributed by atoms with Gasteiger partial charge in [0.15, 0.2) is 5.58 Å². The molecule has 2 aromatic rings. The Labute approximate surface area is 135 Å². The van der Waals surface area contributed by atoms with Gasteiger partial charge in [-0.2, -0.15) is 4.98 Å². The average Bonchev–Trinajstić information content (AvgIpc) is 2.89. The number of aromatic nitrogens is 1. The zero-order valence-corrected chi connectivity index (χ0v) is 13.9. The lowest BCUT2D eigenvalue weighted by atomic mass is 9.85. The number of nitrogens with zero attached hydrogens (tertiary/aromatic N) is 2. The molecular formula is C17H22N2O4. The molecule has 0 spiro atoms. The maximum atomic E-state index is 11.5. The Balaban J connectivity index is 2.09. The zero-order valence-electron chi connectivity index (χ0n) is 13.9. The van der Waals surface area contributed by atoms with Crippen LogP contribution in [0.5, 0.6) is 0 Å². The van der Waals surface area contributed by atoms with Crippen LogP contribution in [0.3, 0.4) is 0 Å². The van der Waals surface area contributed by atoms with Gasteiger partial charge in [0.2, 0.25) is 0 Å². The van der Waals surface area contributed by atoms with E-state index in [-0.39, 0.29) is 17.0 Å². The van der Waals surface area contributed by atoms with E-state index in [0.717, 1.165) is 0 Å². The highest BCUT2D eigenvalue weighted by Crippen LogP contribution is 2.33. The highest BCUT2D eigenvalue weighted by atomic mass is 16.5. The molecule has 1 atom stereocenters. The molecular weight excluding hydrogens is 296 g/mol. The molecule has 1 saturated heterocycles. The number of carboxylic acid groups (broad SMARTS) is 1. The Bertz CT molecular complexity index is 745. The monoisotopic (exact) mass is 318 g/mol. The first-order chi connectivity index (χ1) is 10.8. The predicted molar refractivity (Wildman–Crippen MR) is 87.1 cm³/mol. The number of hydrogen-bond acceptors (Lipinski definition) is 5. The number of carbonyl (C=O) groups is 1. The number of oxazole rings is 1. The van der Waals surface area contributed by atoms with Gasteiger partial charge in [-0.3, -0.25) is 0 Å². The maximum Gasteiger partial charge on any atom is 0.338 e. The molecule has 1 aromatic heterocycles. The second-order valence-corrected chi connectivity index (χ2v) is 7.06. The number of anilines is 1. The van der Waals surface area contributed by atoms with Gasteiger partial charge in [0, 0.05) is 6.54 Å². The molecule has 124 valence electrons. The number of aryl methyl sites for hydroxylation is 1. The van der Waals surface area contributed by atoms with E-state index in [4.69, 9.17) is 9.15 Å². The first-order valence-corrected chi connectivity index (χ1v) is 7.77. The van der Waals surface area contributed by atoms with E-state index in [1.165, 1.54) is 0 Å². The Morgan fingerprint density at radius 3 is 2.78 bits per heavy atom. The third kappa shape index (κ3) is 2.79. The van der Waals surface area contributed by atoms with Crippen molar-refractivity contribution >= 4 is 23.1 Å². The van der Waals surface area contributed by atoms with Crippen molar-refractivity contribution in [3.63, 3.8) is 0 Å². The molecule has 2 heterocycles. The SMILES string of the molecule is Cc1ccc2oc(N3CCOCC3C(C)(C)C)nc2c1C(=O)O. The van der Waals surface area contributed by atoms with Gasteiger partial charge in [-0.25, -0.2) is 4.79 Å². The van der Waals surface area contributed by atoms with Gasteiger partial charge >= 0.3 is 5.97 Å². The third-order valence-corrected chi connectivity index (χ3v) is 4.35. The minimum absolute atomic E-state index is 0.00732.